The van der Waals surface area contributed by atoms with Crippen molar-refractivity contribution in [2.45, 2.75) is 44.2 Å². The predicted octanol–water partition coefficient (Wildman–Crippen LogP) is 1.21. The fourth-order valence-corrected chi connectivity index (χ4v) is 4.13. The van der Waals surface area contributed by atoms with Gasteiger partial charge in [0.05, 0.1) is 0 Å². The summed E-state index contributed by atoms with van der Waals surface area (Å²) in [5.41, 5.74) is 5.67. The zero-order chi connectivity index (χ0) is 8.84. The van der Waals surface area contributed by atoms with Gasteiger partial charge in [0.15, 0.2) is 0 Å². The van der Waals surface area contributed by atoms with Crippen LogP contribution in [0.4, 0.5) is 0 Å². The van der Waals surface area contributed by atoms with Crippen molar-refractivity contribution in [3.63, 3.8) is 0 Å². The summed E-state index contributed by atoms with van der Waals surface area (Å²) in [6.07, 6.45) is 7.46. The van der Waals surface area contributed by atoms with Gasteiger partial charge in [-0.25, -0.2) is 0 Å². The van der Waals surface area contributed by atoms with Crippen LogP contribution in [0, 0.1) is 11.8 Å². The second-order valence-corrected chi connectivity index (χ2v) is 5.24. The third-order valence-electron chi connectivity index (χ3n) is 4.41. The first kappa shape index (κ1) is 8.25. The Hall–Kier alpha value is -0.0800. The van der Waals surface area contributed by atoms with Gasteiger partial charge in [-0.2, -0.15) is 0 Å². The highest BCUT2D eigenvalue weighted by atomic mass is 15.2. The first-order valence-corrected chi connectivity index (χ1v) is 5.82. The van der Waals surface area contributed by atoms with Crippen molar-refractivity contribution in [1.82, 2.24) is 4.90 Å². The molecule has 0 radical (unpaired) electrons. The zero-order valence-corrected chi connectivity index (χ0v) is 8.28. The number of piperidine rings is 2. The molecule has 2 saturated carbocycles. The van der Waals surface area contributed by atoms with Gasteiger partial charge in [-0.3, -0.25) is 4.90 Å². The van der Waals surface area contributed by atoms with Crippen molar-refractivity contribution < 1.29 is 0 Å². The van der Waals surface area contributed by atoms with E-state index in [9.17, 15) is 0 Å². The summed E-state index contributed by atoms with van der Waals surface area (Å²) in [4.78, 5) is 2.71. The van der Waals surface area contributed by atoms with Gasteiger partial charge in [-0.15, -0.1) is 0 Å². The lowest BCUT2D eigenvalue weighted by Crippen LogP contribution is -2.58. The van der Waals surface area contributed by atoms with Crippen LogP contribution in [0.15, 0.2) is 0 Å². The molecule has 4 rings (SSSR count). The van der Waals surface area contributed by atoms with Crippen LogP contribution in [-0.2, 0) is 0 Å². The number of nitrogens with two attached hydrogens (primary N) is 1. The van der Waals surface area contributed by atoms with Gasteiger partial charge >= 0.3 is 0 Å². The van der Waals surface area contributed by atoms with E-state index in [0.717, 1.165) is 37.0 Å². The Morgan fingerprint density at radius 3 is 1.92 bits per heavy atom. The molecule has 0 aromatic heterocycles. The van der Waals surface area contributed by atoms with Crippen molar-refractivity contribution in [3.8, 4) is 0 Å². The molecule has 4 bridgehead atoms. The fourth-order valence-electron chi connectivity index (χ4n) is 4.13. The molecular formula is C11H20N2. The maximum Gasteiger partial charge on any atom is 0.0110 e. The van der Waals surface area contributed by atoms with E-state index in [4.69, 9.17) is 5.73 Å². The monoisotopic (exact) mass is 180 g/mol. The smallest absolute Gasteiger partial charge is 0.0110 e. The van der Waals surface area contributed by atoms with Gasteiger partial charge < -0.3 is 5.73 Å². The Morgan fingerprint density at radius 1 is 0.923 bits per heavy atom. The van der Waals surface area contributed by atoms with Crippen molar-refractivity contribution in [2.75, 3.05) is 13.1 Å². The van der Waals surface area contributed by atoms with Crippen LogP contribution >= 0.6 is 0 Å². The van der Waals surface area contributed by atoms with E-state index in [-0.39, 0.29) is 0 Å². The molecule has 0 aromatic carbocycles. The second kappa shape index (κ2) is 2.96. The number of hydrogen-bond acceptors (Lipinski definition) is 2. The molecule has 13 heavy (non-hydrogen) atoms. The minimum atomic E-state index is 0.850. The summed E-state index contributed by atoms with van der Waals surface area (Å²) in [5.74, 6) is 2.16. The highest BCUT2D eigenvalue weighted by Gasteiger charge is 2.46. The molecule has 0 unspecified atom stereocenters. The summed E-state index contributed by atoms with van der Waals surface area (Å²) >= 11 is 0. The first-order valence-electron chi connectivity index (χ1n) is 5.82. The van der Waals surface area contributed by atoms with E-state index in [1.807, 2.05) is 0 Å². The Balaban J connectivity index is 1.77. The highest BCUT2D eigenvalue weighted by Crippen LogP contribution is 2.48. The number of nitrogens with zero attached hydrogens (tertiary/aromatic N) is 1. The van der Waals surface area contributed by atoms with Gasteiger partial charge in [-0.1, -0.05) is 0 Å². The fraction of sp³-hybridized carbons (Fsp3) is 1.00. The minimum absolute atomic E-state index is 0.850. The maximum absolute atomic E-state index is 5.67. The van der Waals surface area contributed by atoms with Crippen molar-refractivity contribution in [1.29, 1.82) is 0 Å². The maximum atomic E-state index is 5.67. The molecule has 2 heterocycles. The molecule has 2 N–H and O–H groups in total. The Bertz CT molecular complexity index is 174. The van der Waals surface area contributed by atoms with E-state index in [0.29, 0.717) is 0 Å². The molecule has 0 atom stereocenters. The van der Waals surface area contributed by atoms with Crippen LogP contribution in [0.5, 0.6) is 0 Å². The largest absolute Gasteiger partial charge is 0.329 e. The topological polar surface area (TPSA) is 29.3 Å². The lowest BCUT2D eigenvalue weighted by atomic mass is 9.63. The van der Waals surface area contributed by atoms with Gasteiger partial charge in [0.1, 0.15) is 0 Å². The molecule has 4 fully saturated rings. The Kier molecular flexibility index (Phi) is 1.88. The molecule has 0 amide bonds. The molecule has 2 saturated heterocycles. The van der Waals surface area contributed by atoms with Gasteiger partial charge in [-0.05, 0) is 43.9 Å². The predicted molar refractivity (Wildman–Crippen MR) is 53.4 cm³/mol. The van der Waals surface area contributed by atoms with Crippen LogP contribution in [-0.4, -0.2) is 30.1 Å². The van der Waals surface area contributed by atoms with Crippen LogP contribution in [0.1, 0.15) is 32.1 Å². The van der Waals surface area contributed by atoms with E-state index in [1.54, 1.807) is 6.42 Å². The average molecular weight is 180 g/mol. The van der Waals surface area contributed by atoms with Crippen LogP contribution in [0.25, 0.3) is 0 Å². The first-order chi connectivity index (χ1) is 6.36. The number of hydrogen-bond donors (Lipinski definition) is 1. The lowest BCUT2D eigenvalue weighted by molar-refractivity contribution is -0.0567. The van der Waals surface area contributed by atoms with E-state index < -0.39 is 0 Å². The van der Waals surface area contributed by atoms with Crippen LogP contribution in [0.2, 0.25) is 0 Å². The van der Waals surface area contributed by atoms with Gasteiger partial charge in [0, 0.05) is 25.2 Å². The molecule has 2 nitrogen and oxygen atoms in total. The Morgan fingerprint density at radius 2 is 1.46 bits per heavy atom. The minimum Gasteiger partial charge on any atom is -0.329 e. The molecule has 4 aliphatic rings. The van der Waals surface area contributed by atoms with Gasteiger partial charge in [0.2, 0.25) is 0 Å². The lowest BCUT2D eigenvalue weighted by Gasteiger charge is -2.56. The second-order valence-electron chi connectivity index (χ2n) is 5.24. The average Bonchev–Trinajstić information content (AvgIpc) is 2.10. The third-order valence-corrected chi connectivity index (χ3v) is 4.41. The van der Waals surface area contributed by atoms with Crippen molar-refractivity contribution in [2.24, 2.45) is 17.6 Å². The van der Waals surface area contributed by atoms with Crippen molar-refractivity contribution in [3.05, 3.63) is 0 Å². The van der Waals surface area contributed by atoms with Crippen LogP contribution < -0.4 is 5.73 Å². The van der Waals surface area contributed by atoms with E-state index in [2.05, 4.69) is 4.90 Å². The quantitative estimate of drug-likeness (QED) is 0.692. The Labute approximate surface area is 80.5 Å². The third kappa shape index (κ3) is 1.23. The summed E-state index contributed by atoms with van der Waals surface area (Å²) in [7, 11) is 0. The summed E-state index contributed by atoms with van der Waals surface area (Å²) < 4.78 is 0. The number of rotatable bonds is 2. The molecule has 74 valence electrons. The SMILES string of the molecule is NCCN1C2CC3CC(C2)CC1C3. The summed E-state index contributed by atoms with van der Waals surface area (Å²) in [6, 6.07) is 1.83. The zero-order valence-electron chi connectivity index (χ0n) is 8.28. The summed E-state index contributed by atoms with van der Waals surface area (Å²) in [5, 5.41) is 0. The molecule has 0 aromatic rings. The van der Waals surface area contributed by atoms with Crippen LogP contribution in [0.3, 0.4) is 0 Å². The van der Waals surface area contributed by atoms with E-state index in [1.165, 1.54) is 25.7 Å². The standard InChI is InChI=1S/C11H20N2/c12-1-2-13-10-4-8-3-9(6-10)7-11(13)5-8/h8-11H,1-7,12H2. The highest BCUT2D eigenvalue weighted by molar-refractivity contribution is 5.00. The molecule has 2 heteroatoms. The molecule has 2 aliphatic heterocycles. The molecule has 2 aliphatic carbocycles. The molecular weight excluding hydrogens is 160 g/mol. The van der Waals surface area contributed by atoms with Gasteiger partial charge in [0.25, 0.3) is 0 Å². The summed E-state index contributed by atoms with van der Waals surface area (Å²) in [6.45, 7) is 2.00. The normalized spacial score (nSPS) is 48.7. The van der Waals surface area contributed by atoms with Crippen molar-refractivity contribution >= 4 is 0 Å². The van der Waals surface area contributed by atoms with E-state index >= 15 is 0 Å². The molecule has 0 spiro atoms.